The van der Waals surface area contributed by atoms with Crippen molar-refractivity contribution < 1.29 is 4.79 Å². The van der Waals surface area contributed by atoms with Crippen LogP contribution in [0.3, 0.4) is 0 Å². The van der Waals surface area contributed by atoms with E-state index >= 15 is 0 Å². The topological polar surface area (TPSA) is 63.1 Å². The van der Waals surface area contributed by atoms with Crippen LogP contribution in [0.5, 0.6) is 0 Å². The number of fused-ring (bicyclic) bond motifs is 1. The lowest BCUT2D eigenvalue weighted by Crippen LogP contribution is -2.46. The number of hydrogen-bond acceptors (Lipinski definition) is 5. The van der Waals surface area contributed by atoms with Crippen LogP contribution in [0, 0.1) is 6.92 Å². The van der Waals surface area contributed by atoms with E-state index in [1.807, 2.05) is 34.7 Å². The first-order chi connectivity index (χ1) is 12.2. The molecule has 132 valence electrons. The van der Waals surface area contributed by atoms with E-state index < -0.39 is 0 Å². The number of benzene rings is 1. The molecule has 7 heteroatoms. The number of aromatic nitrogens is 3. The molecule has 2 atom stereocenters. The molecule has 1 fully saturated rings. The summed E-state index contributed by atoms with van der Waals surface area (Å²) >= 11 is 1.52. The van der Waals surface area contributed by atoms with Crippen molar-refractivity contribution in [3.8, 4) is 0 Å². The van der Waals surface area contributed by atoms with Gasteiger partial charge in [-0.05, 0) is 25.3 Å². The van der Waals surface area contributed by atoms with Gasteiger partial charge in [0.15, 0.2) is 0 Å². The fourth-order valence-electron chi connectivity index (χ4n) is 3.53. The molecule has 0 aliphatic carbocycles. The molecule has 4 rings (SSSR count). The van der Waals surface area contributed by atoms with Gasteiger partial charge in [-0.3, -0.25) is 4.79 Å². The number of likely N-dealkylation sites (tertiary alicyclic amines) is 1. The van der Waals surface area contributed by atoms with Crippen LogP contribution < -0.4 is 5.43 Å². The second-order valence-corrected chi connectivity index (χ2v) is 7.77. The van der Waals surface area contributed by atoms with E-state index in [-0.39, 0.29) is 17.2 Å². The van der Waals surface area contributed by atoms with Gasteiger partial charge in [0.1, 0.15) is 11.1 Å². The number of carbonyl (C=O) groups is 1. The van der Waals surface area contributed by atoms with E-state index in [1.165, 1.54) is 24.6 Å². The number of aryl methyl sites for hydroxylation is 1. The molecule has 0 saturated carbocycles. The maximum absolute atomic E-state index is 13.3. The van der Waals surface area contributed by atoms with Crippen LogP contribution >= 0.6 is 11.8 Å². The van der Waals surface area contributed by atoms with Gasteiger partial charge >= 0.3 is 0 Å². The molecule has 1 saturated heterocycles. The van der Waals surface area contributed by atoms with Gasteiger partial charge in [-0.1, -0.05) is 54.9 Å². The van der Waals surface area contributed by atoms with Crippen LogP contribution in [-0.2, 0) is 4.79 Å². The van der Waals surface area contributed by atoms with Crippen molar-refractivity contribution in [2.24, 2.45) is 0 Å². The Morgan fingerprint density at radius 1 is 1.12 bits per heavy atom. The van der Waals surface area contributed by atoms with Crippen LogP contribution in [0.25, 0.3) is 0 Å². The first-order valence-corrected chi connectivity index (χ1v) is 9.81. The molecule has 2 aliphatic rings. The van der Waals surface area contributed by atoms with E-state index in [0.29, 0.717) is 0 Å². The molecule has 0 unspecified atom stereocenters. The lowest BCUT2D eigenvalue weighted by Gasteiger charge is -2.35. The highest BCUT2D eigenvalue weighted by Gasteiger charge is 2.39. The lowest BCUT2D eigenvalue weighted by atomic mass is 10.0. The zero-order valence-electron chi connectivity index (χ0n) is 14.4. The highest BCUT2D eigenvalue weighted by Crippen LogP contribution is 2.38. The van der Waals surface area contributed by atoms with Crippen LogP contribution in [-0.4, -0.2) is 44.0 Å². The van der Waals surface area contributed by atoms with Crippen molar-refractivity contribution in [3.05, 3.63) is 41.7 Å². The highest BCUT2D eigenvalue weighted by molar-refractivity contribution is 8.00. The molecule has 0 radical (unpaired) electrons. The summed E-state index contributed by atoms with van der Waals surface area (Å²) in [7, 11) is 0. The summed E-state index contributed by atoms with van der Waals surface area (Å²) in [5, 5.41) is 8.91. The van der Waals surface area contributed by atoms with E-state index in [9.17, 15) is 4.79 Å². The van der Waals surface area contributed by atoms with E-state index in [0.717, 1.165) is 42.5 Å². The Morgan fingerprint density at radius 3 is 2.56 bits per heavy atom. The van der Waals surface area contributed by atoms with Crippen LogP contribution in [0.4, 0.5) is 0 Å². The van der Waals surface area contributed by atoms with Gasteiger partial charge in [-0.2, -0.15) is 0 Å². The average molecular weight is 357 g/mol. The minimum Gasteiger partial charge on any atom is -0.342 e. The molecule has 0 bridgehead atoms. The summed E-state index contributed by atoms with van der Waals surface area (Å²) in [4.78, 5) is 15.4. The fraction of sp³-hybridized carbons (Fsp3) is 0.500. The Morgan fingerprint density at radius 2 is 1.84 bits per heavy atom. The molecular formula is C18H23N5OS. The number of nitrogens with zero attached hydrogens (tertiary/aromatic N) is 4. The van der Waals surface area contributed by atoms with Gasteiger partial charge in [-0.15, -0.1) is 10.2 Å². The monoisotopic (exact) mass is 357 g/mol. The van der Waals surface area contributed by atoms with Gasteiger partial charge in [0.05, 0.1) is 6.04 Å². The van der Waals surface area contributed by atoms with Crippen molar-refractivity contribution in [2.75, 3.05) is 18.5 Å². The molecule has 1 aromatic heterocycles. The van der Waals surface area contributed by atoms with Crippen molar-refractivity contribution >= 4 is 17.7 Å². The minimum absolute atomic E-state index is 0.0934. The highest BCUT2D eigenvalue weighted by atomic mass is 32.2. The van der Waals surface area contributed by atoms with Gasteiger partial charge < -0.3 is 10.3 Å². The second kappa shape index (κ2) is 7.07. The maximum atomic E-state index is 13.3. The van der Waals surface area contributed by atoms with Crippen molar-refractivity contribution in [1.29, 1.82) is 0 Å². The Balaban J connectivity index is 1.66. The van der Waals surface area contributed by atoms with Gasteiger partial charge in [0.2, 0.25) is 11.1 Å². The fourth-order valence-corrected chi connectivity index (χ4v) is 4.74. The maximum Gasteiger partial charge on any atom is 0.238 e. The van der Waals surface area contributed by atoms with Crippen LogP contribution in [0.2, 0.25) is 0 Å². The number of carbonyl (C=O) groups excluding carboxylic acids is 1. The summed E-state index contributed by atoms with van der Waals surface area (Å²) in [5.41, 5.74) is 4.58. The average Bonchev–Trinajstić information content (AvgIpc) is 2.86. The van der Waals surface area contributed by atoms with Gasteiger partial charge in [-0.25, -0.2) is 4.68 Å². The molecule has 1 amide bonds. The smallest absolute Gasteiger partial charge is 0.238 e. The zero-order valence-corrected chi connectivity index (χ0v) is 15.2. The first kappa shape index (κ1) is 16.4. The number of thioether (sulfide) groups is 1. The van der Waals surface area contributed by atoms with Crippen molar-refractivity contribution in [3.63, 3.8) is 0 Å². The molecule has 1 N–H and O–H groups in total. The lowest BCUT2D eigenvalue weighted by molar-refractivity contribution is -0.131. The number of nitrogens with one attached hydrogen (secondary N) is 1. The number of hydrogen-bond donors (Lipinski definition) is 1. The van der Waals surface area contributed by atoms with Crippen molar-refractivity contribution in [1.82, 2.24) is 19.8 Å². The largest absolute Gasteiger partial charge is 0.342 e. The first-order valence-electron chi connectivity index (χ1n) is 8.93. The van der Waals surface area contributed by atoms with Gasteiger partial charge in [0.25, 0.3) is 0 Å². The third-order valence-electron chi connectivity index (χ3n) is 4.92. The van der Waals surface area contributed by atoms with Crippen LogP contribution in [0.1, 0.15) is 43.1 Å². The molecule has 2 aliphatic heterocycles. The van der Waals surface area contributed by atoms with E-state index in [4.69, 9.17) is 0 Å². The Hall–Kier alpha value is -2.02. The second-order valence-electron chi connectivity index (χ2n) is 6.66. The summed E-state index contributed by atoms with van der Waals surface area (Å²) in [6.45, 7) is 3.65. The minimum atomic E-state index is -0.225. The predicted molar refractivity (Wildman–Crippen MR) is 98.0 cm³/mol. The van der Waals surface area contributed by atoms with Crippen molar-refractivity contribution in [2.45, 2.75) is 49.1 Å². The molecule has 25 heavy (non-hydrogen) atoms. The zero-order chi connectivity index (χ0) is 17.2. The molecule has 1 aromatic carbocycles. The van der Waals surface area contributed by atoms with Crippen LogP contribution in [0.15, 0.2) is 35.5 Å². The summed E-state index contributed by atoms with van der Waals surface area (Å²) in [6.07, 6.45) is 4.63. The third-order valence-corrected chi connectivity index (χ3v) is 6.12. The molecule has 0 spiro atoms. The quantitative estimate of drug-likeness (QED) is 0.895. The third kappa shape index (κ3) is 3.25. The molecular weight excluding hydrogens is 334 g/mol. The number of rotatable bonds is 2. The summed E-state index contributed by atoms with van der Waals surface area (Å²) < 4.78 is 1.90. The normalized spacial score (nSPS) is 23.5. The van der Waals surface area contributed by atoms with Gasteiger partial charge in [0, 0.05) is 13.1 Å². The Kier molecular flexibility index (Phi) is 4.65. The Labute approximate surface area is 152 Å². The summed E-state index contributed by atoms with van der Waals surface area (Å²) in [5.74, 6) is 1.02. The SMILES string of the molecule is Cc1nnc2n1N[C@@H](c1ccccc1)[C@@H](C(=O)N1CCCCCC1)S2. The molecule has 6 nitrogen and oxygen atoms in total. The number of amides is 1. The summed E-state index contributed by atoms with van der Waals surface area (Å²) in [6, 6.07) is 10.1. The van der Waals surface area contributed by atoms with E-state index in [1.54, 1.807) is 0 Å². The molecule has 3 heterocycles. The Bertz CT molecular complexity index is 739. The standard InChI is InChI=1S/C18H23N5OS/c1-13-19-20-18-23(13)21-15(14-9-5-4-6-10-14)16(25-18)17(24)22-11-7-2-3-8-12-22/h4-6,9-10,15-16,21H,2-3,7-8,11-12H2,1H3/t15-,16-/m0/s1. The van der Waals surface area contributed by atoms with E-state index in [2.05, 4.69) is 27.8 Å². The molecule has 2 aromatic rings. The predicted octanol–water partition coefficient (Wildman–Crippen LogP) is 2.75.